The fourth-order valence-electron chi connectivity index (χ4n) is 1.19. The largest absolute Gasteiger partial charge is 0.262 e. The zero-order valence-corrected chi connectivity index (χ0v) is 9.22. The number of halogens is 1. The SMILES string of the molecule is CC(Br)c1cnnn1-c1cccnc1. The minimum Gasteiger partial charge on any atom is -0.262 e. The normalized spacial score (nSPS) is 12.7. The predicted octanol–water partition coefficient (Wildman–Crippen LogP) is 2.12. The number of nitrogens with zero attached hydrogens (tertiary/aromatic N) is 4. The van der Waals surface area contributed by atoms with Crippen LogP contribution in [0.4, 0.5) is 0 Å². The lowest BCUT2D eigenvalue weighted by Crippen LogP contribution is -2.02. The van der Waals surface area contributed by atoms with Crippen LogP contribution in [0.3, 0.4) is 0 Å². The number of alkyl halides is 1. The van der Waals surface area contributed by atoms with Crippen LogP contribution in [-0.4, -0.2) is 20.0 Å². The molecule has 1 unspecified atom stereocenters. The van der Waals surface area contributed by atoms with Gasteiger partial charge in [0.1, 0.15) is 0 Å². The molecule has 0 amide bonds. The molecule has 0 aromatic carbocycles. The summed E-state index contributed by atoms with van der Waals surface area (Å²) in [5, 5.41) is 7.88. The van der Waals surface area contributed by atoms with Crippen molar-refractivity contribution in [3.05, 3.63) is 36.4 Å². The molecule has 0 saturated heterocycles. The van der Waals surface area contributed by atoms with Crippen LogP contribution in [0.15, 0.2) is 30.7 Å². The van der Waals surface area contributed by atoms with Crippen LogP contribution in [0.2, 0.25) is 0 Å². The second-order valence-corrected chi connectivity index (χ2v) is 4.27. The van der Waals surface area contributed by atoms with E-state index < -0.39 is 0 Å². The summed E-state index contributed by atoms with van der Waals surface area (Å²) in [6.45, 7) is 2.03. The van der Waals surface area contributed by atoms with Crippen molar-refractivity contribution in [2.45, 2.75) is 11.8 Å². The first-order valence-corrected chi connectivity index (χ1v) is 5.15. The summed E-state index contributed by atoms with van der Waals surface area (Å²) in [6.07, 6.45) is 5.23. The molecular weight excluding hydrogens is 244 g/mol. The van der Waals surface area contributed by atoms with Gasteiger partial charge in [0.15, 0.2) is 0 Å². The monoisotopic (exact) mass is 252 g/mol. The van der Waals surface area contributed by atoms with Gasteiger partial charge < -0.3 is 0 Å². The highest BCUT2D eigenvalue weighted by Crippen LogP contribution is 2.22. The molecule has 0 bridgehead atoms. The summed E-state index contributed by atoms with van der Waals surface area (Å²) in [5.74, 6) is 0. The number of pyridine rings is 1. The molecular formula is C9H9BrN4. The first kappa shape index (κ1) is 9.33. The Hall–Kier alpha value is -1.23. The Balaban J connectivity index is 2.47. The quantitative estimate of drug-likeness (QED) is 0.770. The van der Waals surface area contributed by atoms with Crippen LogP contribution in [-0.2, 0) is 0 Å². The van der Waals surface area contributed by atoms with Crippen molar-refractivity contribution in [1.29, 1.82) is 0 Å². The molecule has 0 spiro atoms. The second kappa shape index (κ2) is 3.88. The third-order valence-electron chi connectivity index (χ3n) is 1.87. The average molecular weight is 253 g/mol. The predicted molar refractivity (Wildman–Crippen MR) is 56.5 cm³/mol. The molecule has 2 heterocycles. The smallest absolute Gasteiger partial charge is 0.0850 e. The van der Waals surface area contributed by atoms with Gasteiger partial charge in [0.25, 0.3) is 0 Å². The van der Waals surface area contributed by atoms with Crippen molar-refractivity contribution in [2.75, 3.05) is 0 Å². The van der Waals surface area contributed by atoms with Crippen molar-refractivity contribution >= 4 is 15.9 Å². The molecule has 14 heavy (non-hydrogen) atoms. The van der Waals surface area contributed by atoms with E-state index in [4.69, 9.17) is 0 Å². The molecule has 2 aromatic rings. The molecule has 0 aliphatic rings. The molecule has 0 aliphatic carbocycles. The van der Waals surface area contributed by atoms with E-state index in [2.05, 4.69) is 31.2 Å². The zero-order valence-electron chi connectivity index (χ0n) is 7.63. The number of aromatic nitrogens is 4. The van der Waals surface area contributed by atoms with Gasteiger partial charge in [0.05, 0.1) is 28.6 Å². The standard InChI is InChI=1S/C9H9BrN4/c1-7(10)9-6-12-13-14(9)8-3-2-4-11-5-8/h2-7H,1H3. The lowest BCUT2D eigenvalue weighted by atomic mass is 10.3. The molecule has 0 N–H and O–H groups in total. The van der Waals surface area contributed by atoms with Gasteiger partial charge >= 0.3 is 0 Å². The highest BCUT2D eigenvalue weighted by atomic mass is 79.9. The van der Waals surface area contributed by atoms with E-state index in [1.54, 1.807) is 23.3 Å². The van der Waals surface area contributed by atoms with E-state index in [-0.39, 0.29) is 4.83 Å². The van der Waals surface area contributed by atoms with E-state index in [1.807, 2.05) is 19.1 Å². The maximum absolute atomic E-state index is 4.04. The summed E-state index contributed by atoms with van der Waals surface area (Å²) in [5.41, 5.74) is 1.93. The van der Waals surface area contributed by atoms with Gasteiger partial charge in [-0.2, -0.15) is 0 Å². The molecule has 0 saturated carbocycles. The summed E-state index contributed by atoms with van der Waals surface area (Å²) in [7, 11) is 0. The molecule has 2 aromatic heterocycles. The lowest BCUT2D eigenvalue weighted by Gasteiger charge is -2.06. The van der Waals surface area contributed by atoms with Crippen molar-refractivity contribution < 1.29 is 0 Å². The maximum atomic E-state index is 4.04. The highest BCUT2D eigenvalue weighted by Gasteiger charge is 2.10. The Labute approximate surface area is 90.1 Å². The Kier molecular flexibility index (Phi) is 2.58. The average Bonchev–Trinajstić information content (AvgIpc) is 2.67. The molecule has 0 aliphatic heterocycles. The fourth-order valence-corrected chi connectivity index (χ4v) is 1.51. The van der Waals surface area contributed by atoms with Crippen LogP contribution in [0, 0.1) is 0 Å². The third kappa shape index (κ3) is 1.68. The van der Waals surface area contributed by atoms with Crippen LogP contribution in [0.25, 0.3) is 5.69 Å². The zero-order chi connectivity index (χ0) is 9.97. The molecule has 0 radical (unpaired) electrons. The lowest BCUT2D eigenvalue weighted by molar-refractivity contribution is 0.762. The van der Waals surface area contributed by atoms with Crippen LogP contribution in [0.5, 0.6) is 0 Å². The Morgan fingerprint density at radius 2 is 2.29 bits per heavy atom. The minimum atomic E-state index is 0.220. The van der Waals surface area contributed by atoms with E-state index in [9.17, 15) is 0 Å². The first-order valence-electron chi connectivity index (χ1n) is 4.24. The van der Waals surface area contributed by atoms with Crippen molar-refractivity contribution in [3.63, 3.8) is 0 Å². The van der Waals surface area contributed by atoms with Crippen LogP contribution in [0.1, 0.15) is 17.4 Å². The van der Waals surface area contributed by atoms with Crippen molar-refractivity contribution in [1.82, 2.24) is 20.0 Å². The van der Waals surface area contributed by atoms with Gasteiger partial charge in [-0.25, -0.2) is 4.68 Å². The Morgan fingerprint density at radius 1 is 1.43 bits per heavy atom. The fraction of sp³-hybridized carbons (Fsp3) is 0.222. The number of rotatable bonds is 2. The summed E-state index contributed by atoms with van der Waals surface area (Å²) in [6, 6.07) is 3.82. The Bertz CT molecular complexity index is 410. The van der Waals surface area contributed by atoms with Gasteiger partial charge in [-0.3, -0.25) is 4.98 Å². The van der Waals surface area contributed by atoms with Crippen LogP contribution >= 0.6 is 15.9 Å². The topological polar surface area (TPSA) is 43.6 Å². The van der Waals surface area contributed by atoms with E-state index in [1.165, 1.54) is 0 Å². The molecule has 5 heteroatoms. The van der Waals surface area contributed by atoms with E-state index in [0.29, 0.717) is 0 Å². The van der Waals surface area contributed by atoms with Crippen molar-refractivity contribution in [3.8, 4) is 5.69 Å². The van der Waals surface area contributed by atoms with Gasteiger partial charge in [0.2, 0.25) is 0 Å². The molecule has 72 valence electrons. The number of hydrogen-bond donors (Lipinski definition) is 0. The second-order valence-electron chi connectivity index (χ2n) is 2.90. The molecule has 2 rings (SSSR count). The van der Waals surface area contributed by atoms with Gasteiger partial charge in [-0.15, -0.1) is 5.10 Å². The maximum Gasteiger partial charge on any atom is 0.0850 e. The van der Waals surface area contributed by atoms with Gasteiger partial charge in [-0.05, 0) is 19.1 Å². The highest BCUT2D eigenvalue weighted by molar-refractivity contribution is 9.09. The Morgan fingerprint density at radius 3 is 2.93 bits per heavy atom. The molecule has 0 fully saturated rings. The molecule has 4 nitrogen and oxygen atoms in total. The van der Waals surface area contributed by atoms with Crippen LogP contribution < -0.4 is 0 Å². The van der Waals surface area contributed by atoms with Crippen molar-refractivity contribution in [2.24, 2.45) is 0 Å². The minimum absolute atomic E-state index is 0.220. The first-order chi connectivity index (χ1) is 6.79. The summed E-state index contributed by atoms with van der Waals surface area (Å²) >= 11 is 3.49. The number of hydrogen-bond acceptors (Lipinski definition) is 3. The molecule has 1 atom stereocenters. The third-order valence-corrected chi connectivity index (χ3v) is 2.34. The van der Waals surface area contributed by atoms with Gasteiger partial charge in [0, 0.05) is 6.20 Å². The van der Waals surface area contributed by atoms with Gasteiger partial charge in [-0.1, -0.05) is 21.1 Å². The summed E-state index contributed by atoms with van der Waals surface area (Å²) in [4.78, 5) is 4.26. The summed E-state index contributed by atoms with van der Waals surface area (Å²) < 4.78 is 1.77. The van der Waals surface area contributed by atoms with E-state index >= 15 is 0 Å². The van der Waals surface area contributed by atoms with E-state index in [0.717, 1.165) is 11.4 Å².